The SMILES string of the molecule is CCOC(=O)C=C(C)c1ccc(C(Cl)c2cccnc2)cc1. The van der Waals surface area contributed by atoms with Crippen LogP contribution in [0.3, 0.4) is 0 Å². The number of hydrogen-bond acceptors (Lipinski definition) is 3. The number of aromatic nitrogens is 1. The van der Waals surface area contributed by atoms with Gasteiger partial charge in [-0.25, -0.2) is 4.79 Å². The minimum Gasteiger partial charge on any atom is -0.463 e. The quantitative estimate of drug-likeness (QED) is 0.467. The second-order valence-electron chi connectivity index (χ2n) is 4.85. The number of allylic oxidation sites excluding steroid dienone is 1. The van der Waals surface area contributed by atoms with E-state index in [0.29, 0.717) is 6.61 Å². The summed E-state index contributed by atoms with van der Waals surface area (Å²) in [5.41, 5.74) is 3.77. The molecule has 114 valence electrons. The first-order valence-corrected chi connectivity index (χ1v) is 7.55. The van der Waals surface area contributed by atoms with E-state index in [1.807, 2.05) is 43.3 Å². The molecule has 1 heterocycles. The third-order valence-electron chi connectivity index (χ3n) is 3.26. The predicted octanol–water partition coefficient (Wildman–Crippen LogP) is 4.38. The predicted molar refractivity (Wildman–Crippen MR) is 88.7 cm³/mol. The second-order valence-corrected chi connectivity index (χ2v) is 5.29. The van der Waals surface area contributed by atoms with Crippen LogP contribution in [0.5, 0.6) is 0 Å². The highest BCUT2D eigenvalue weighted by Crippen LogP contribution is 2.29. The summed E-state index contributed by atoms with van der Waals surface area (Å²) in [6.45, 7) is 4.04. The third-order valence-corrected chi connectivity index (χ3v) is 3.76. The van der Waals surface area contributed by atoms with Gasteiger partial charge in [0.2, 0.25) is 0 Å². The molecule has 0 saturated heterocycles. The summed E-state index contributed by atoms with van der Waals surface area (Å²) >= 11 is 6.46. The number of ether oxygens (including phenoxy) is 1. The summed E-state index contributed by atoms with van der Waals surface area (Å²) in [5, 5.41) is -0.239. The van der Waals surface area contributed by atoms with Crippen LogP contribution >= 0.6 is 11.6 Å². The van der Waals surface area contributed by atoms with Crippen molar-refractivity contribution >= 4 is 23.1 Å². The molecule has 3 nitrogen and oxygen atoms in total. The minimum absolute atomic E-state index is 0.239. The monoisotopic (exact) mass is 315 g/mol. The maximum atomic E-state index is 11.5. The Balaban J connectivity index is 2.15. The Kier molecular flexibility index (Phi) is 5.73. The van der Waals surface area contributed by atoms with Crippen LogP contribution in [0.1, 0.15) is 35.9 Å². The molecule has 0 saturated carbocycles. The number of esters is 1. The highest BCUT2D eigenvalue weighted by molar-refractivity contribution is 6.22. The zero-order valence-corrected chi connectivity index (χ0v) is 13.4. The molecule has 2 rings (SSSR count). The van der Waals surface area contributed by atoms with Crippen LogP contribution in [0.25, 0.3) is 5.57 Å². The molecule has 0 fully saturated rings. The Morgan fingerprint density at radius 1 is 1.27 bits per heavy atom. The van der Waals surface area contributed by atoms with E-state index in [1.165, 1.54) is 6.08 Å². The van der Waals surface area contributed by atoms with Gasteiger partial charge in [-0.05, 0) is 42.2 Å². The zero-order valence-electron chi connectivity index (χ0n) is 12.6. The molecule has 1 unspecified atom stereocenters. The number of hydrogen-bond donors (Lipinski definition) is 0. The van der Waals surface area contributed by atoms with E-state index in [9.17, 15) is 4.79 Å². The van der Waals surface area contributed by atoms with E-state index in [4.69, 9.17) is 16.3 Å². The van der Waals surface area contributed by atoms with Crippen LogP contribution in [0.15, 0.2) is 54.9 Å². The van der Waals surface area contributed by atoms with Gasteiger partial charge in [0.15, 0.2) is 0 Å². The van der Waals surface area contributed by atoms with Crippen molar-refractivity contribution < 1.29 is 9.53 Å². The number of nitrogens with zero attached hydrogens (tertiary/aromatic N) is 1. The molecule has 0 radical (unpaired) electrons. The number of carbonyl (C=O) groups is 1. The van der Waals surface area contributed by atoms with Gasteiger partial charge in [0.25, 0.3) is 0 Å². The molecule has 1 atom stereocenters. The van der Waals surface area contributed by atoms with Gasteiger partial charge >= 0.3 is 5.97 Å². The van der Waals surface area contributed by atoms with Crippen molar-refractivity contribution in [1.82, 2.24) is 4.98 Å². The molecular formula is C18H18ClNO2. The molecular weight excluding hydrogens is 298 g/mol. The average molecular weight is 316 g/mol. The Morgan fingerprint density at radius 2 is 2.00 bits per heavy atom. The third kappa shape index (κ3) is 4.18. The lowest BCUT2D eigenvalue weighted by molar-refractivity contribution is -0.137. The van der Waals surface area contributed by atoms with E-state index < -0.39 is 0 Å². The van der Waals surface area contributed by atoms with Gasteiger partial charge in [-0.15, -0.1) is 11.6 Å². The molecule has 1 aromatic heterocycles. The van der Waals surface area contributed by atoms with Gasteiger partial charge in [-0.3, -0.25) is 4.98 Å². The molecule has 4 heteroatoms. The number of halogens is 1. The number of alkyl halides is 1. The van der Waals surface area contributed by atoms with Crippen molar-refractivity contribution in [2.24, 2.45) is 0 Å². The number of rotatable bonds is 5. The fraction of sp³-hybridized carbons (Fsp3) is 0.222. The normalized spacial score (nSPS) is 12.8. The highest BCUT2D eigenvalue weighted by Gasteiger charge is 2.11. The average Bonchev–Trinajstić information content (AvgIpc) is 2.55. The van der Waals surface area contributed by atoms with Crippen LogP contribution < -0.4 is 0 Å². The summed E-state index contributed by atoms with van der Waals surface area (Å²) in [7, 11) is 0. The van der Waals surface area contributed by atoms with Crippen molar-refractivity contribution in [2.75, 3.05) is 6.61 Å². The Morgan fingerprint density at radius 3 is 2.59 bits per heavy atom. The van der Waals surface area contributed by atoms with Crippen LogP contribution in [0.2, 0.25) is 0 Å². The van der Waals surface area contributed by atoms with Crippen molar-refractivity contribution in [3.05, 3.63) is 71.6 Å². The molecule has 0 aliphatic rings. The van der Waals surface area contributed by atoms with Crippen LogP contribution in [-0.2, 0) is 9.53 Å². The lowest BCUT2D eigenvalue weighted by atomic mass is 10.0. The second kappa shape index (κ2) is 7.76. The number of benzene rings is 1. The van der Waals surface area contributed by atoms with E-state index in [1.54, 1.807) is 19.3 Å². The fourth-order valence-corrected chi connectivity index (χ4v) is 2.35. The Labute approximate surface area is 135 Å². The summed E-state index contributed by atoms with van der Waals surface area (Å²) < 4.78 is 4.91. The molecule has 0 aliphatic heterocycles. The molecule has 0 N–H and O–H groups in total. The molecule has 1 aromatic carbocycles. The Hall–Kier alpha value is -2.13. The number of pyridine rings is 1. The largest absolute Gasteiger partial charge is 0.463 e. The molecule has 0 bridgehead atoms. The van der Waals surface area contributed by atoms with Crippen molar-refractivity contribution in [3.8, 4) is 0 Å². The van der Waals surface area contributed by atoms with Gasteiger partial charge in [0.05, 0.1) is 12.0 Å². The topological polar surface area (TPSA) is 39.2 Å². The molecule has 0 aliphatic carbocycles. The zero-order chi connectivity index (χ0) is 15.9. The summed E-state index contributed by atoms with van der Waals surface area (Å²) in [5.74, 6) is -0.324. The Bertz CT molecular complexity index is 651. The lowest BCUT2D eigenvalue weighted by Crippen LogP contribution is -2.00. The summed E-state index contributed by atoms with van der Waals surface area (Å²) in [6.07, 6.45) is 4.98. The maximum absolute atomic E-state index is 11.5. The van der Waals surface area contributed by atoms with Gasteiger partial charge in [-0.1, -0.05) is 30.3 Å². The van der Waals surface area contributed by atoms with Gasteiger partial charge in [0, 0.05) is 18.5 Å². The van der Waals surface area contributed by atoms with E-state index in [2.05, 4.69) is 4.98 Å². The lowest BCUT2D eigenvalue weighted by Gasteiger charge is -2.11. The van der Waals surface area contributed by atoms with Crippen molar-refractivity contribution in [3.63, 3.8) is 0 Å². The maximum Gasteiger partial charge on any atom is 0.331 e. The first-order chi connectivity index (χ1) is 10.6. The van der Waals surface area contributed by atoms with E-state index in [-0.39, 0.29) is 11.3 Å². The van der Waals surface area contributed by atoms with Gasteiger partial charge < -0.3 is 4.74 Å². The van der Waals surface area contributed by atoms with Crippen LogP contribution in [0, 0.1) is 0 Å². The fourth-order valence-electron chi connectivity index (χ4n) is 2.08. The van der Waals surface area contributed by atoms with Crippen molar-refractivity contribution in [1.29, 1.82) is 0 Å². The smallest absolute Gasteiger partial charge is 0.331 e. The van der Waals surface area contributed by atoms with Crippen LogP contribution in [0.4, 0.5) is 0 Å². The molecule has 0 spiro atoms. The molecule has 2 aromatic rings. The highest BCUT2D eigenvalue weighted by atomic mass is 35.5. The minimum atomic E-state index is -0.324. The summed E-state index contributed by atoms with van der Waals surface area (Å²) in [6, 6.07) is 11.6. The van der Waals surface area contributed by atoms with Crippen LogP contribution in [-0.4, -0.2) is 17.6 Å². The molecule has 0 amide bonds. The van der Waals surface area contributed by atoms with Gasteiger partial charge in [-0.2, -0.15) is 0 Å². The number of carbonyl (C=O) groups excluding carboxylic acids is 1. The first kappa shape index (κ1) is 16.2. The van der Waals surface area contributed by atoms with E-state index >= 15 is 0 Å². The summed E-state index contributed by atoms with van der Waals surface area (Å²) in [4.78, 5) is 15.5. The van der Waals surface area contributed by atoms with E-state index in [0.717, 1.165) is 22.3 Å². The first-order valence-electron chi connectivity index (χ1n) is 7.11. The molecule has 22 heavy (non-hydrogen) atoms. The van der Waals surface area contributed by atoms with Crippen molar-refractivity contribution in [2.45, 2.75) is 19.2 Å². The standard InChI is InChI=1S/C18H18ClNO2/c1-3-22-17(21)11-13(2)14-6-8-15(9-7-14)18(19)16-5-4-10-20-12-16/h4-12,18H,3H2,1-2H3. The van der Waals surface area contributed by atoms with Gasteiger partial charge in [0.1, 0.15) is 0 Å².